The molecule has 1 heterocycles. The van der Waals surface area contributed by atoms with Crippen LogP contribution in [-0.2, 0) is 0 Å². The van der Waals surface area contributed by atoms with E-state index in [9.17, 15) is 4.79 Å². The predicted molar refractivity (Wildman–Crippen MR) is 116 cm³/mol. The molecule has 0 radical (unpaired) electrons. The highest BCUT2D eigenvalue weighted by Crippen LogP contribution is 2.32. The number of aromatic amines is 1. The molecule has 3 aromatic rings. The van der Waals surface area contributed by atoms with Crippen molar-refractivity contribution in [3.8, 4) is 34.3 Å². The summed E-state index contributed by atoms with van der Waals surface area (Å²) >= 11 is 0. The molecule has 0 saturated heterocycles. The predicted octanol–water partition coefficient (Wildman–Crippen LogP) is 3.27. The van der Waals surface area contributed by atoms with E-state index in [4.69, 9.17) is 18.9 Å². The number of hydrogen-bond acceptors (Lipinski definition) is 7. The highest BCUT2D eigenvalue weighted by molar-refractivity contribution is 5.94. The summed E-state index contributed by atoms with van der Waals surface area (Å²) in [5.41, 5.74) is 4.70. The number of hydrazone groups is 1. The first-order valence-corrected chi connectivity index (χ1v) is 9.51. The number of amides is 1. The van der Waals surface area contributed by atoms with Crippen molar-refractivity contribution in [1.29, 1.82) is 0 Å². The maximum atomic E-state index is 12.4. The van der Waals surface area contributed by atoms with Crippen LogP contribution in [0.5, 0.6) is 23.0 Å². The van der Waals surface area contributed by atoms with Gasteiger partial charge < -0.3 is 18.9 Å². The Kier molecular flexibility index (Phi) is 7.10. The highest BCUT2D eigenvalue weighted by atomic mass is 16.5. The molecule has 162 valence electrons. The van der Waals surface area contributed by atoms with Gasteiger partial charge in [0.25, 0.3) is 5.91 Å². The van der Waals surface area contributed by atoms with E-state index in [0.29, 0.717) is 40.9 Å². The summed E-state index contributed by atoms with van der Waals surface area (Å²) in [6.07, 6.45) is 1.51. The average Bonchev–Trinajstić information content (AvgIpc) is 3.30. The van der Waals surface area contributed by atoms with Gasteiger partial charge in [-0.1, -0.05) is 0 Å². The number of H-pyrrole nitrogens is 1. The van der Waals surface area contributed by atoms with Crippen molar-refractivity contribution in [2.24, 2.45) is 5.10 Å². The molecular formula is C22H24N4O5. The first kappa shape index (κ1) is 21.7. The quantitative estimate of drug-likeness (QED) is 0.403. The molecule has 3 rings (SSSR count). The van der Waals surface area contributed by atoms with Crippen molar-refractivity contribution in [3.05, 3.63) is 53.7 Å². The first-order valence-electron chi connectivity index (χ1n) is 9.51. The third kappa shape index (κ3) is 5.13. The van der Waals surface area contributed by atoms with Gasteiger partial charge in [-0.3, -0.25) is 9.89 Å². The van der Waals surface area contributed by atoms with Crippen molar-refractivity contribution in [1.82, 2.24) is 15.6 Å². The molecule has 31 heavy (non-hydrogen) atoms. The molecule has 9 nitrogen and oxygen atoms in total. The van der Waals surface area contributed by atoms with Crippen LogP contribution in [0.4, 0.5) is 0 Å². The molecule has 0 atom stereocenters. The minimum absolute atomic E-state index is 0.251. The largest absolute Gasteiger partial charge is 0.497 e. The van der Waals surface area contributed by atoms with Crippen LogP contribution in [0.15, 0.2) is 47.6 Å². The summed E-state index contributed by atoms with van der Waals surface area (Å²) < 4.78 is 21.4. The fourth-order valence-corrected chi connectivity index (χ4v) is 2.86. The van der Waals surface area contributed by atoms with Crippen LogP contribution in [0.3, 0.4) is 0 Å². The van der Waals surface area contributed by atoms with E-state index in [1.54, 1.807) is 57.7 Å². The molecular weight excluding hydrogens is 400 g/mol. The summed E-state index contributed by atoms with van der Waals surface area (Å²) in [7, 11) is 4.71. The number of aromatic nitrogens is 2. The number of benzene rings is 2. The molecule has 0 fully saturated rings. The zero-order chi connectivity index (χ0) is 22.2. The maximum Gasteiger partial charge on any atom is 0.289 e. The van der Waals surface area contributed by atoms with Gasteiger partial charge >= 0.3 is 0 Å². The molecule has 0 saturated carbocycles. The summed E-state index contributed by atoms with van der Waals surface area (Å²) in [5.74, 6) is 2.06. The summed E-state index contributed by atoms with van der Waals surface area (Å²) in [6.45, 7) is 2.43. The van der Waals surface area contributed by atoms with Gasteiger partial charge in [0.2, 0.25) is 0 Å². The molecule has 2 N–H and O–H groups in total. The lowest BCUT2D eigenvalue weighted by Crippen LogP contribution is -2.18. The lowest BCUT2D eigenvalue weighted by atomic mass is 10.1. The van der Waals surface area contributed by atoms with Crippen LogP contribution in [-0.4, -0.2) is 50.3 Å². The molecule has 9 heteroatoms. The second-order valence-electron chi connectivity index (χ2n) is 6.28. The van der Waals surface area contributed by atoms with E-state index < -0.39 is 5.91 Å². The van der Waals surface area contributed by atoms with Gasteiger partial charge in [0.1, 0.15) is 17.2 Å². The first-order chi connectivity index (χ1) is 15.1. The molecule has 0 aliphatic carbocycles. The van der Waals surface area contributed by atoms with Gasteiger partial charge in [-0.15, -0.1) is 0 Å². The molecule has 1 amide bonds. The van der Waals surface area contributed by atoms with Gasteiger partial charge in [-0.05, 0) is 55.0 Å². The third-order valence-corrected chi connectivity index (χ3v) is 4.37. The Labute approximate surface area is 180 Å². The Morgan fingerprint density at radius 2 is 1.81 bits per heavy atom. The number of carbonyl (C=O) groups excluding carboxylic acids is 1. The van der Waals surface area contributed by atoms with E-state index in [-0.39, 0.29) is 5.69 Å². The SMILES string of the molecule is CCOc1ccc(C=NNC(=O)c2cc(-c3cc(OC)ccc3OC)n[nH]2)cc1OC. The minimum Gasteiger partial charge on any atom is -0.497 e. The summed E-state index contributed by atoms with van der Waals surface area (Å²) in [4.78, 5) is 12.4. The van der Waals surface area contributed by atoms with Crippen molar-refractivity contribution < 1.29 is 23.7 Å². The van der Waals surface area contributed by atoms with Gasteiger partial charge in [0.05, 0.1) is 39.8 Å². The number of nitrogens with one attached hydrogen (secondary N) is 2. The standard InChI is InChI=1S/C22H24N4O5/c1-5-31-20-8-6-14(10-21(20)30-4)13-23-26-22(27)18-12-17(24-25-18)16-11-15(28-2)7-9-19(16)29-3/h6-13H,5H2,1-4H3,(H,24,25)(H,26,27). The monoisotopic (exact) mass is 424 g/mol. The fourth-order valence-electron chi connectivity index (χ4n) is 2.86. The third-order valence-electron chi connectivity index (χ3n) is 4.37. The summed E-state index contributed by atoms with van der Waals surface area (Å²) in [5, 5.41) is 10.9. The van der Waals surface area contributed by atoms with E-state index in [2.05, 4.69) is 20.7 Å². The number of methoxy groups -OCH3 is 3. The van der Waals surface area contributed by atoms with Gasteiger partial charge in [0, 0.05) is 5.56 Å². The Hall–Kier alpha value is -4.01. The number of ether oxygens (including phenoxy) is 4. The molecule has 0 aliphatic heterocycles. The van der Waals surface area contributed by atoms with E-state index in [1.165, 1.54) is 6.21 Å². The van der Waals surface area contributed by atoms with Crippen LogP contribution in [0, 0.1) is 0 Å². The lowest BCUT2D eigenvalue weighted by molar-refractivity contribution is 0.0950. The molecule has 0 bridgehead atoms. The Balaban J connectivity index is 1.71. The summed E-state index contributed by atoms with van der Waals surface area (Å²) in [6, 6.07) is 12.3. The normalized spacial score (nSPS) is 10.7. The molecule has 1 aromatic heterocycles. The number of rotatable bonds is 9. The fraction of sp³-hybridized carbons (Fsp3) is 0.227. The lowest BCUT2D eigenvalue weighted by Gasteiger charge is -2.09. The topological polar surface area (TPSA) is 107 Å². The highest BCUT2D eigenvalue weighted by Gasteiger charge is 2.14. The number of nitrogens with zero attached hydrogens (tertiary/aromatic N) is 2. The van der Waals surface area contributed by atoms with Crippen LogP contribution < -0.4 is 24.4 Å². The smallest absolute Gasteiger partial charge is 0.289 e. The zero-order valence-corrected chi connectivity index (χ0v) is 17.8. The number of carbonyl (C=O) groups is 1. The van der Waals surface area contributed by atoms with Crippen molar-refractivity contribution in [2.45, 2.75) is 6.92 Å². The van der Waals surface area contributed by atoms with Gasteiger partial charge in [-0.25, -0.2) is 5.43 Å². The second kappa shape index (κ2) is 10.1. The van der Waals surface area contributed by atoms with Crippen LogP contribution in [0.1, 0.15) is 23.0 Å². The van der Waals surface area contributed by atoms with Crippen LogP contribution in [0.2, 0.25) is 0 Å². The molecule has 2 aromatic carbocycles. The van der Waals surface area contributed by atoms with Crippen molar-refractivity contribution in [3.63, 3.8) is 0 Å². The molecule has 0 aliphatic rings. The number of hydrogen-bond donors (Lipinski definition) is 2. The Morgan fingerprint density at radius 3 is 2.52 bits per heavy atom. The van der Waals surface area contributed by atoms with Crippen molar-refractivity contribution >= 4 is 12.1 Å². The second-order valence-corrected chi connectivity index (χ2v) is 6.28. The van der Waals surface area contributed by atoms with Crippen LogP contribution >= 0.6 is 0 Å². The van der Waals surface area contributed by atoms with E-state index >= 15 is 0 Å². The van der Waals surface area contributed by atoms with Crippen LogP contribution in [0.25, 0.3) is 11.3 Å². The van der Waals surface area contributed by atoms with Gasteiger partial charge in [0.15, 0.2) is 11.5 Å². The van der Waals surface area contributed by atoms with Gasteiger partial charge in [-0.2, -0.15) is 10.2 Å². The molecule has 0 unspecified atom stereocenters. The van der Waals surface area contributed by atoms with Crippen molar-refractivity contribution in [2.75, 3.05) is 27.9 Å². The molecule has 0 spiro atoms. The maximum absolute atomic E-state index is 12.4. The Bertz CT molecular complexity index is 1080. The van der Waals surface area contributed by atoms with E-state index in [0.717, 1.165) is 5.56 Å². The van der Waals surface area contributed by atoms with E-state index in [1.807, 2.05) is 13.0 Å². The Morgan fingerprint density at radius 1 is 1.03 bits per heavy atom. The average molecular weight is 424 g/mol. The zero-order valence-electron chi connectivity index (χ0n) is 17.8. The minimum atomic E-state index is -0.435.